The molecule has 1 atom stereocenters. The van der Waals surface area contributed by atoms with Crippen molar-refractivity contribution in [1.29, 1.82) is 0 Å². The van der Waals surface area contributed by atoms with Gasteiger partial charge in [0.1, 0.15) is 29.9 Å². The molecule has 26 heavy (non-hydrogen) atoms. The van der Waals surface area contributed by atoms with Crippen LogP contribution < -0.4 is 10.2 Å². The summed E-state index contributed by atoms with van der Waals surface area (Å²) in [7, 11) is 0. The molecule has 0 saturated carbocycles. The lowest BCUT2D eigenvalue weighted by Crippen LogP contribution is -2.40. The lowest BCUT2D eigenvalue weighted by molar-refractivity contribution is -0.137. The number of hydrogen-bond acceptors (Lipinski definition) is 6. The predicted molar refractivity (Wildman–Crippen MR) is 95.2 cm³/mol. The van der Waals surface area contributed by atoms with Gasteiger partial charge in [0.2, 0.25) is 0 Å². The second kappa shape index (κ2) is 6.81. The summed E-state index contributed by atoms with van der Waals surface area (Å²) in [4.78, 5) is 33.5. The Balaban J connectivity index is 1.72. The van der Waals surface area contributed by atoms with Crippen LogP contribution in [0.5, 0.6) is 0 Å². The molecular weight excluding hydrogens is 338 g/mol. The van der Waals surface area contributed by atoms with Crippen LogP contribution in [-0.2, 0) is 16.1 Å². The molecule has 2 aromatic rings. The number of aliphatic carboxylic acids is 1. The van der Waals surface area contributed by atoms with E-state index in [1.165, 1.54) is 6.33 Å². The average molecular weight is 361 g/mol. The molecule has 1 amide bonds. The van der Waals surface area contributed by atoms with Gasteiger partial charge in [0.05, 0.1) is 11.4 Å². The third kappa shape index (κ3) is 4.04. The number of carboxylic acid groups (broad SMARTS) is 1. The van der Waals surface area contributed by atoms with Gasteiger partial charge in [-0.25, -0.2) is 14.8 Å². The zero-order valence-electron chi connectivity index (χ0n) is 15.1. The van der Waals surface area contributed by atoms with E-state index < -0.39 is 17.7 Å². The summed E-state index contributed by atoms with van der Waals surface area (Å²) in [6, 6.07) is 1.79. The molecule has 1 saturated heterocycles. The van der Waals surface area contributed by atoms with Crippen LogP contribution >= 0.6 is 0 Å². The zero-order valence-corrected chi connectivity index (χ0v) is 15.1. The van der Waals surface area contributed by atoms with Crippen LogP contribution in [-0.4, -0.2) is 56.4 Å². The Morgan fingerprint density at radius 3 is 2.85 bits per heavy atom. The molecule has 3 rings (SSSR count). The monoisotopic (exact) mass is 361 g/mol. The van der Waals surface area contributed by atoms with E-state index in [0.717, 1.165) is 24.2 Å². The molecule has 9 nitrogen and oxygen atoms in total. The van der Waals surface area contributed by atoms with Crippen molar-refractivity contribution in [3.05, 3.63) is 18.6 Å². The minimum atomic E-state index is -0.926. The summed E-state index contributed by atoms with van der Waals surface area (Å²) < 4.78 is 6.88. The fourth-order valence-corrected chi connectivity index (χ4v) is 3.06. The minimum absolute atomic E-state index is 0.0315. The first-order chi connectivity index (χ1) is 12.2. The van der Waals surface area contributed by atoms with Crippen LogP contribution in [0.2, 0.25) is 0 Å². The summed E-state index contributed by atoms with van der Waals surface area (Å²) in [6.45, 7) is 6.67. The average Bonchev–Trinajstić information content (AvgIpc) is 3.12. The maximum atomic E-state index is 11.9. The fraction of sp³-hybridized carbons (Fsp3) is 0.529. The molecule has 0 radical (unpaired) electrons. The van der Waals surface area contributed by atoms with Gasteiger partial charge in [0.15, 0.2) is 0 Å². The predicted octanol–water partition coefficient (Wildman–Crippen LogP) is 1.62. The van der Waals surface area contributed by atoms with Crippen molar-refractivity contribution in [2.75, 3.05) is 18.0 Å². The Hall–Kier alpha value is -2.84. The van der Waals surface area contributed by atoms with Crippen LogP contribution in [0.15, 0.2) is 18.6 Å². The van der Waals surface area contributed by atoms with Crippen molar-refractivity contribution in [3.8, 4) is 0 Å². The summed E-state index contributed by atoms with van der Waals surface area (Å²) in [5.41, 5.74) is 0.0507. The van der Waals surface area contributed by atoms with E-state index in [-0.39, 0.29) is 12.6 Å². The highest BCUT2D eigenvalue weighted by molar-refractivity contribution is 5.88. The molecule has 3 heterocycles. The largest absolute Gasteiger partial charge is 0.480 e. The van der Waals surface area contributed by atoms with Crippen molar-refractivity contribution in [2.24, 2.45) is 0 Å². The number of carbonyl (C=O) groups is 2. The molecule has 1 fully saturated rings. The van der Waals surface area contributed by atoms with Crippen LogP contribution in [0.4, 0.5) is 10.6 Å². The molecule has 1 aliphatic rings. The molecular formula is C17H23N5O4. The number of alkyl carbamates (subject to hydrolysis) is 1. The SMILES string of the molecule is CC(C)(C)OC(=O)NC1CCN(c2ncnc3c2ccn3CC(=O)O)C1. The smallest absolute Gasteiger partial charge is 0.407 e. The number of carboxylic acids is 1. The number of rotatable bonds is 4. The van der Waals surface area contributed by atoms with Crippen LogP contribution in [0.3, 0.4) is 0 Å². The first kappa shape index (κ1) is 18.0. The number of nitrogens with one attached hydrogen (secondary N) is 1. The fourth-order valence-electron chi connectivity index (χ4n) is 3.06. The van der Waals surface area contributed by atoms with Crippen LogP contribution in [0.1, 0.15) is 27.2 Å². The molecule has 0 bridgehead atoms. The quantitative estimate of drug-likeness (QED) is 0.851. The molecule has 0 aromatic carbocycles. The number of fused-ring (bicyclic) bond motifs is 1. The van der Waals surface area contributed by atoms with Gasteiger partial charge >= 0.3 is 12.1 Å². The topological polar surface area (TPSA) is 110 Å². The Morgan fingerprint density at radius 2 is 2.15 bits per heavy atom. The Kier molecular flexibility index (Phi) is 4.71. The van der Waals surface area contributed by atoms with Crippen molar-refractivity contribution in [1.82, 2.24) is 19.9 Å². The molecule has 1 unspecified atom stereocenters. The number of carbonyl (C=O) groups excluding carboxylic acids is 1. The van der Waals surface area contributed by atoms with Gasteiger partial charge < -0.3 is 24.6 Å². The summed E-state index contributed by atoms with van der Waals surface area (Å²) >= 11 is 0. The molecule has 0 aliphatic carbocycles. The van der Waals surface area contributed by atoms with E-state index in [2.05, 4.69) is 20.2 Å². The first-order valence-electron chi connectivity index (χ1n) is 8.49. The van der Waals surface area contributed by atoms with Gasteiger partial charge in [0.25, 0.3) is 0 Å². The highest BCUT2D eigenvalue weighted by Gasteiger charge is 2.28. The summed E-state index contributed by atoms with van der Waals surface area (Å²) in [5, 5.41) is 12.7. The Morgan fingerprint density at radius 1 is 1.38 bits per heavy atom. The lowest BCUT2D eigenvalue weighted by Gasteiger charge is -2.22. The Labute approximate surface area is 151 Å². The highest BCUT2D eigenvalue weighted by Crippen LogP contribution is 2.27. The van der Waals surface area contributed by atoms with Crippen molar-refractivity contribution >= 4 is 28.9 Å². The molecule has 2 N–H and O–H groups in total. The number of ether oxygens (including phenoxy) is 1. The van der Waals surface area contributed by atoms with Crippen LogP contribution in [0, 0.1) is 0 Å². The van der Waals surface area contributed by atoms with Crippen molar-refractivity contribution in [2.45, 2.75) is 45.4 Å². The number of anilines is 1. The maximum Gasteiger partial charge on any atom is 0.407 e. The number of nitrogens with zero attached hydrogens (tertiary/aromatic N) is 4. The van der Waals surface area contributed by atoms with E-state index in [4.69, 9.17) is 9.84 Å². The molecule has 2 aromatic heterocycles. The first-order valence-corrected chi connectivity index (χ1v) is 8.49. The number of aromatic nitrogens is 3. The molecule has 9 heteroatoms. The number of amides is 1. The minimum Gasteiger partial charge on any atom is -0.480 e. The molecule has 0 spiro atoms. The Bertz CT molecular complexity index is 826. The van der Waals surface area contributed by atoms with Crippen LogP contribution in [0.25, 0.3) is 11.0 Å². The second-order valence-electron chi connectivity index (χ2n) is 7.35. The molecule has 1 aliphatic heterocycles. The van der Waals surface area contributed by atoms with Gasteiger partial charge in [-0.15, -0.1) is 0 Å². The van der Waals surface area contributed by atoms with Crippen molar-refractivity contribution in [3.63, 3.8) is 0 Å². The van der Waals surface area contributed by atoms with E-state index in [1.54, 1.807) is 10.8 Å². The normalized spacial score (nSPS) is 17.5. The van der Waals surface area contributed by atoms with Gasteiger partial charge in [-0.05, 0) is 33.3 Å². The van der Waals surface area contributed by atoms with Gasteiger partial charge in [-0.1, -0.05) is 0 Å². The van der Waals surface area contributed by atoms with E-state index in [1.807, 2.05) is 26.8 Å². The lowest BCUT2D eigenvalue weighted by atomic mass is 10.2. The zero-order chi connectivity index (χ0) is 18.9. The third-order valence-electron chi connectivity index (χ3n) is 4.05. The second-order valence-corrected chi connectivity index (χ2v) is 7.35. The maximum absolute atomic E-state index is 11.9. The highest BCUT2D eigenvalue weighted by atomic mass is 16.6. The van der Waals surface area contributed by atoms with E-state index >= 15 is 0 Å². The number of hydrogen-bond donors (Lipinski definition) is 2. The molecule has 140 valence electrons. The van der Waals surface area contributed by atoms with Crippen molar-refractivity contribution < 1.29 is 19.4 Å². The summed E-state index contributed by atoms with van der Waals surface area (Å²) in [6.07, 6.45) is 3.49. The van der Waals surface area contributed by atoms with Gasteiger partial charge in [-0.3, -0.25) is 4.79 Å². The van der Waals surface area contributed by atoms with E-state index in [0.29, 0.717) is 12.2 Å². The van der Waals surface area contributed by atoms with E-state index in [9.17, 15) is 9.59 Å². The van der Waals surface area contributed by atoms with Gasteiger partial charge in [0, 0.05) is 19.3 Å². The van der Waals surface area contributed by atoms with Gasteiger partial charge in [-0.2, -0.15) is 0 Å². The third-order valence-corrected chi connectivity index (χ3v) is 4.05. The standard InChI is InChI=1S/C17H23N5O4/c1-17(2,3)26-16(25)20-11-4-6-21(8-11)14-12-5-7-22(9-13(23)24)15(12)19-10-18-14/h5,7,10-11H,4,6,8-9H2,1-3H3,(H,20,25)(H,23,24). The summed E-state index contributed by atoms with van der Waals surface area (Å²) in [5.74, 6) is -0.182.